The Balaban J connectivity index is 2.22. The molecule has 0 aliphatic carbocycles. The summed E-state index contributed by atoms with van der Waals surface area (Å²) in [5.41, 5.74) is 0.561. The lowest BCUT2D eigenvalue weighted by Crippen LogP contribution is -2.32. The molecule has 0 spiro atoms. The number of carbonyl (C=O) groups excluding carboxylic acids is 2. The molecule has 0 fully saturated rings. The van der Waals surface area contributed by atoms with Crippen LogP contribution in [0.4, 0.5) is 13.2 Å². The van der Waals surface area contributed by atoms with E-state index in [0.29, 0.717) is 17.7 Å². The highest BCUT2D eigenvalue weighted by molar-refractivity contribution is 5.95. The summed E-state index contributed by atoms with van der Waals surface area (Å²) in [6.07, 6.45) is -3.97. The minimum absolute atomic E-state index is 0.00755. The Morgan fingerprint density at radius 1 is 1.17 bits per heavy atom. The molecule has 0 radical (unpaired) electrons. The summed E-state index contributed by atoms with van der Waals surface area (Å²) in [5.74, 6) is -0.0522. The average molecular weight is 333 g/mol. The molecule has 1 amide bonds. The standard InChI is InChI=1S/C15H18F3NO4/c1-2-13(20)11-3-5-12(6-4-11)23-9-14(21)19-7-8-22-10-15(16,17)18/h3-6H,2,7-10H2,1H3,(H,19,21). The fourth-order valence-electron chi connectivity index (χ4n) is 1.59. The van der Waals surface area contributed by atoms with Crippen LogP contribution >= 0.6 is 0 Å². The first-order valence-corrected chi connectivity index (χ1v) is 6.99. The van der Waals surface area contributed by atoms with Gasteiger partial charge in [0.15, 0.2) is 12.4 Å². The third kappa shape index (κ3) is 8.20. The molecule has 5 nitrogen and oxygen atoms in total. The number of alkyl halides is 3. The minimum Gasteiger partial charge on any atom is -0.484 e. The SMILES string of the molecule is CCC(=O)c1ccc(OCC(=O)NCCOCC(F)(F)F)cc1. The van der Waals surface area contributed by atoms with Gasteiger partial charge >= 0.3 is 6.18 Å². The van der Waals surface area contributed by atoms with E-state index in [0.717, 1.165) is 0 Å². The number of hydrogen-bond donors (Lipinski definition) is 1. The molecular formula is C15H18F3NO4. The van der Waals surface area contributed by atoms with Gasteiger partial charge in [-0.25, -0.2) is 0 Å². The number of amides is 1. The number of hydrogen-bond acceptors (Lipinski definition) is 4. The number of carbonyl (C=O) groups is 2. The van der Waals surface area contributed by atoms with E-state index in [9.17, 15) is 22.8 Å². The Morgan fingerprint density at radius 3 is 2.39 bits per heavy atom. The van der Waals surface area contributed by atoms with Gasteiger partial charge in [0.25, 0.3) is 5.91 Å². The molecule has 0 bridgehead atoms. The van der Waals surface area contributed by atoms with Crippen LogP contribution in [0.5, 0.6) is 5.75 Å². The monoisotopic (exact) mass is 333 g/mol. The fraction of sp³-hybridized carbons (Fsp3) is 0.467. The summed E-state index contributed by atoms with van der Waals surface area (Å²) in [7, 11) is 0. The Kier molecular flexibility index (Phi) is 7.53. The fourth-order valence-corrected chi connectivity index (χ4v) is 1.59. The van der Waals surface area contributed by atoms with E-state index in [2.05, 4.69) is 10.1 Å². The summed E-state index contributed by atoms with van der Waals surface area (Å²) >= 11 is 0. The maximum Gasteiger partial charge on any atom is 0.411 e. The van der Waals surface area contributed by atoms with Crippen molar-refractivity contribution >= 4 is 11.7 Å². The lowest BCUT2D eigenvalue weighted by molar-refractivity contribution is -0.173. The average Bonchev–Trinajstić information content (AvgIpc) is 2.51. The molecule has 0 aromatic heterocycles. The van der Waals surface area contributed by atoms with Crippen LogP contribution in [0.15, 0.2) is 24.3 Å². The zero-order chi connectivity index (χ0) is 17.3. The van der Waals surface area contributed by atoms with Crippen molar-refractivity contribution in [3.05, 3.63) is 29.8 Å². The van der Waals surface area contributed by atoms with Crippen LogP contribution in [0.2, 0.25) is 0 Å². The zero-order valence-electron chi connectivity index (χ0n) is 12.6. The summed E-state index contributed by atoms with van der Waals surface area (Å²) in [4.78, 5) is 22.9. The first-order chi connectivity index (χ1) is 10.8. The van der Waals surface area contributed by atoms with Gasteiger partial charge in [-0.05, 0) is 24.3 Å². The van der Waals surface area contributed by atoms with Crippen molar-refractivity contribution in [2.75, 3.05) is 26.4 Å². The van der Waals surface area contributed by atoms with Gasteiger partial charge in [0, 0.05) is 18.5 Å². The van der Waals surface area contributed by atoms with Crippen LogP contribution in [-0.4, -0.2) is 44.2 Å². The number of rotatable bonds is 9. The van der Waals surface area contributed by atoms with Crippen LogP contribution < -0.4 is 10.1 Å². The van der Waals surface area contributed by atoms with Gasteiger partial charge in [-0.15, -0.1) is 0 Å². The van der Waals surface area contributed by atoms with Crippen LogP contribution in [0.1, 0.15) is 23.7 Å². The van der Waals surface area contributed by atoms with Crippen molar-refractivity contribution in [3.8, 4) is 5.75 Å². The molecule has 1 N–H and O–H groups in total. The predicted octanol–water partition coefficient (Wildman–Crippen LogP) is 2.35. The molecule has 128 valence electrons. The number of benzene rings is 1. The highest BCUT2D eigenvalue weighted by Gasteiger charge is 2.27. The Morgan fingerprint density at radius 2 is 1.83 bits per heavy atom. The smallest absolute Gasteiger partial charge is 0.411 e. The van der Waals surface area contributed by atoms with Gasteiger partial charge in [0.1, 0.15) is 12.4 Å². The molecule has 0 saturated carbocycles. The van der Waals surface area contributed by atoms with Gasteiger partial charge < -0.3 is 14.8 Å². The summed E-state index contributed by atoms with van der Waals surface area (Å²) in [6.45, 7) is -0.140. The maximum atomic E-state index is 11.8. The van der Waals surface area contributed by atoms with Gasteiger partial charge in [-0.2, -0.15) is 13.2 Å². The summed E-state index contributed by atoms with van der Waals surface area (Å²) < 4.78 is 44.9. The molecule has 0 unspecified atom stereocenters. The van der Waals surface area contributed by atoms with Crippen LogP contribution in [-0.2, 0) is 9.53 Å². The third-order valence-corrected chi connectivity index (χ3v) is 2.70. The number of nitrogens with one attached hydrogen (secondary N) is 1. The minimum atomic E-state index is -4.38. The largest absolute Gasteiger partial charge is 0.484 e. The van der Waals surface area contributed by atoms with Gasteiger partial charge in [-0.1, -0.05) is 6.92 Å². The summed E-state index contributed by atoms with van der Waals surface area (Å²) in [5, 5.41) is 2.37. The van der Waals surface area contributed by atoms with E-state index in [4.69, 9.17) is 4.74 Å². The second kappa shape index (κ2) is 9.14. The molecule has 8 heteroatoms. The second-order valence-electron chi connectivity index (χ2n) is 4.61. The van der Waals surface area contributed by atoms with Crippen LogP contribution in [0.25, 0.3) is 0 Å². The highest BCUT2D eigenvalue weighted by Crippen LogP contribution is 2.14. The molecule has 0 saturated heterocycles. The van der Waals surface area contributed by atoms with Crippen molar-refractivity contribution in [1.29, 1.82) is 0 Å². The zero-order valence-corrected chi connectivity index (χ0v) is 12.6. The van der Waals surface area contributed by atoms with Crippen molar-refractivity contribution in [2.45, 2.75) is 19.5 Å². The Labute approximate surface area is 131 Å². The van der Waals surface area contributed by atoms with E-state index in [1.165, 1.54) is 0 Å². The third-order valence-electron chi connectivity index (χ3n) is 2.70. The topological polar surface area (TPSA) is 64.6 Å². The quantitative estimate of drug-likeness (QED) is 0.556. The second-order valence-corrected chi connectivity index (χ2v) is 4.61. The molecule has 0 heterocycles. The van der Waals surface area contributed by atoms with E-state index >= 15 is 0 Å². The Hall–Kier alpha value is -2.09. The van der Waals surface area contributed by atoms with E-state index in [-0.39, 0.29) is 25.5 Å². The van der Waals surface area contributed by atoms with Crippen molar-refractivity contribution in [2.24, 2.45) is 0 Å². The number of ether oxygens (including phenoxy) is 2. The van der Waals surface area contributed by atoms with Crippen LogP contribution in [0, 0.1) is 0 Å². The van der Waals surface area contributed by atoms with Crippen molar-refractivity contribution in [3.63, 3.8) is 0 Å². The highest BCUT2D eigenvalue weighted by atomic mass is 19.4. The van der Waals surface area contributed by atoms with Crippen LogP contribution in [0.3, 0.4) is 0 Å². The molecule has 1 aromatic rings. The number of halogens is 3. The van der Waals surface area contributed by atoms with E-state index in [1.807, 2.05) is 0 Å². The van der Waals surface area contributed by atoms with Gasteiger partial charge in [0.05, 0.1) is 6.61 Å². The lowest BCUT2D eigenvalue weighted by atomic mass is 10.1. The molecular weight excluding hydrogens is 315 g/mol. The van der Waals surface area contributed by atoms with E-state index < -0.39 is 18.7 Å². The Bertz CT molecular complexity index is 514. The number of ketones is 1. The number of Topliss-reactive ketones (excluding diaryl/α,β-unsaturated/α-hetero) is 1. The van der Waals surface area contributed by atoms with Crippen molar-refractivity contribution in [1.82, 2.24) is 5.32 Å². The van der Waals surface area contributed by atoms with Gasteiger partial charge in [-0.3, -0.25) is 9.59 Å². The lowest BCUT2D eigenvalue weighted by Gasteiger charge is -2.09. The van der Waals surface area contributed by atoms with E-state index in [1.54, 1.807) is 31.2 Å². The first kappa shape index (κ1) is 19.0. The predicted molar refractivity (Wildman–Crippen MR) is 76.4 cm³/mol. The maximum absolute atomic E-state index is 11.8. The summed E-state index contributed by atoms with van der Waals surface area (Å²) in [6, 6.07) is 6.35. The van der Waals surface area contributed by atoms with Crippen molar-refractivity contribution < 1.29 is 32.2 Å². The molecule has 1 aromatic carbocycles. The normalized spacial score (nSPS) is 11.1. The molecule has 1 rings (SSSR count). The van der Waals surface area contributed by atoms with Gasteiger partial charge in [0.2, 0.25) is 0 Å². The molecule has 0 aliphatic rings. The first-order valence-electron chi connectivity index (χ1n) is 6.99. The molecule has 0 aliphatic heterocycles. The molecule has 0 atom stereocenters. The molecule has 23 heavy (non-hydrogen) atoms.